The molecule has 1 N–H and O–H groups in total. The molecule has 28 nitrogen and oxygen atoms in total. The third-order valence-corrected chi connectivity index (χ3v) is 14.9. The van der Waals surface area contributed by atoms with E-state index < -0.39 is 135 Å². The summed E-state index contributed by atoms with van der Waals surface area (Å²) in [5, 5.41) is 28.3. The molecule has 5 aromatic rings. The summed E-state index contributed by atoms with van der Waals surface area (Å²) in [6.45, 7) is -2.10. The number of nitrogens with zero attached hydrogens (tertiary/aromatic N) is 14. The number of hydrogen-bond acceptors (Lipinski definition) is 18. The average Bonchev–Trinajstić information content (AvgIpc) is 2.65. The SMILES string of the molecule is CO[C@H]1O[C@H](CN=[N+]=[N-])[C@@H](O[C@H]2O[C@H](CN3C(=O)c4ccccc4C3=O)[C@@H](O[C@H]3O[C@H](CN4C(=O)c5ccccc5C4=O)[C@@H](O)[C@H](OCc4ccccc4)[C@H]3N=[N+]=[N-])[C@H](OCc3ccccc3)[C@H]2N=[N+]=[N-])[C@H](OCc2ccccc2)[C@H]1N=[N+]=[N-]. The topological polar surface area (TPSA) is 373 Å². The lowest BCUT2D eigenvalue weighted by Crippen LogP contribution is -2.67. The third kappa shape index (κ3) is 12.4. The van der Waals surface area contributed by atoms with E-state index >= 15 is 0 Å². The second-order valence-electron chi connectivity index (χ2n) is 19.9. The third-order valence-electron chi connectivity index (χ3n) is 14.9. The van der Waals surface area contributed by atoms with Gasteiger partial charge in [0.2, 0.25) is 0 Å². The van der Waals surface area contributed by atoms with Crippen LogP contribution >= 0.6 is 0 Å². The standard InChI is InChI=1S/C56H54N14O14/c1-76-54-42(63-67-59)48(78-29-32-17-7-3-8-18-32)45(38(80-54)25-61-65-57)83-56-43(64-68-60)49(79-30-33-19-9-4-10-20-33)46(40(82-56)27-70-52(74)36-23-13-14-24-37(36)53(70)75)84-55-41(62-66-58)47(77-28-31-15-5-2-6-16-31)44(71)39(81-55)26-69-50(72)34-21-11-12-22-35(34)51(69)73/h2-24,38-49,54-56,71H,25-30H2,1H3/t38-,39-,40-,41-,42-,43-,44-,45-,46-,47-,48-,49-,54+,55-,56-/m1/s1. The number of azide groups is 4. The fraction of sp³-hybridized carbons (Fsp3) is 0.393. The van der Waals surface area contributed by atoms with Crippen LogP contribution < -0.4 is 0 Å². The van der Waals surface area contributed by atoms with E-state index in [1.807, 2.05) is 0 Å². The summed E-state index contributed by atoms with van der Waals surface area (Å²) in [6, 6.07) is 34.3. The van der Waals surface area contributed by atoms with Crippen LogP contribution in [-0.2, 0) is 62.5 Å². The highest BCUT2D eigenvalue weighted by Gasteiger charge is 2.57. The zero-order valence-corrected chi connectivity index (χ0v) is 44.7. The van der Waals surface area contributed by atoms with Gasteiger partial charge >= 0.3 is 0 Å². The van der Waals surface area contributed by atoms with Gasteiger partial charge in [0, 0.05) is 26.8 Å². The van der Waals surface area contributed by atoms with Crippen molar-refractivity contribution in [1.29, 1.82) is 0 Å². The lowest BCUT2D eigenvalue weighted by atomic mass is 9.93. The molecular formula is C56H54N14O14. The minimum Gasteiger partial charge on any atom is -0.388 e. The first-order valence-electron chi connectivity index (χ1n) is 26.5. The van der Waals surface area contributed by atoms with Crippen LogP contribution in [0.1, 0.15) is 58.1 Å². The van der Waals surface area contributed by atoms with Crippen molar-refractivity contribution in [3.63, 3.8) is 0 Å². The van der Waals surface area contributed by atoms with Gasteiger partial charge in [-0.25, -0.2) is 0 Å². The molecule has 0 aliphatic carbocycles. The summed E-state index contributed by atoms with van der Waals surface area (Å²) in [4.78, 5) is 70.7. The Morgan fingerprint density at radius 3 is 1.20 bits per heavy atom. The summed E-state index contributed by atoms with van der Waals surface area (Å²) in [5.41, 5.74) is 42.6. The number of ether oxygens (including phenoxy) is 9. The number of fused-ring (bicyclic) bond motifs is 2. The van der Waals surface area contributed by atoms with Gasteiger partial charge < -0.3 is 47.7 Å². The fourth-order valence-corrected chi connectivity index (χ4v) is 10.9. The fourth-order valence-electron chi connectivity index (χ4n) is 10.9. The van der Waals surface area contributed by atoms with Gasteiger partial charge in [-0.2, -0.15) is 0 Å². The Bertz CT molecular complexity index is 3320. The van der Waals surface area contributed by atoms with Crippen LogP contribution in [0.2, 0.25) is 0 Å². The Labute approximate surface area is 478 Å². The largest absolute Gasteiger partial charge is 0.388 e. The number of benzene rings is 5. The number of aliphatic hydroxyl groups is 1. The van der Waals surface area contributed by atoms with Gasteiger partial charge in [-0.3, -0.25) is 29.0 Å². The van der Waals surface area contributed by atoms with E-state index in [4.69, 9.17) is 42.6 Å². The Balaban J connectivity index is 1.08. The highest BCUT2D eigenvalue weighted by Crippen LogP contribution is 2.40. The number of carbonyl (C=O) groups excluding carboxylic acids is 4. The summed E-state index contributed by atoms with van der Waals surface area (Å²) < 4.78 is 59.0. The molecule has 28 heteroatoms. The van der Waals surface area contributed by atoms with E-state index in [9.17, 15) is 46.4 Å². The molecule has 0 bridgehead atoms. The van der Waals surface area contributed by atoms with Crippen LogP contribution in [0, 0.1) is 0 Å². The van der Waals surface area contributed by atoms with Crippen molar-refractivity contribution in [1.82, 2.24) is 9.80 Å². The van der Waals surface area contributed by atoms with E-state index in [0.29, 0.717) is 16.7 Å². The Kier molecular flexibility index (Phi) is 18.8. The van der Waals surface area contributed by atoms with Crippen LogP contribution in [0.15, 0.2) is 160 Å². The van der Waals surface area contributed by atoms with Crippen molar-refractivity contribution in [2.24, 2.45) is 20.5 Å². The molecule has 0 saturated carbocycles. The van der Waals surface area contributed by atoms with E-state index in [0.717, 1.165) is 9.80 Å². The molecule has 5 aromatic carbocycles. The van der Waals surface area contributed by atoms with Gasteiger partial charge in [0.15, 0.2) is 18.9 Å². The number of aliphatic hydroxyl groups excluding tert-OH is 1. The molecule has 0 spiro atoms. The van der Waals surface area contributed by atoms with E-state index in [1.54, 1.807) is 115 Å². The minimum atomic E-state index is -1.83. The average molecular weight is 1150 g/mol. The first-order valence-corrected chi connectivity index (χ1v) is 26.5. The second kappa shape index (κ2) is 27.1. The van der Waals surface area contributed by atoms with Crippen molar-refractivity contribution in [3.8, 4) is 0 Å². The molecule has 84 heavy (non-hydrogen) atoms. The minimum absolute atomic E-state index is 0.0743. The maximum Gasteiger partial charge on any atom is 0.261 e. The highest BCUT2D eigenvalue weighted by atomic mass is 16.7. The molecule has 0 aromatic heterocycles. The van der Waals surface area contributed by atoms with Crippen molar-refractivity contribution in [3.05, 3.63) is 220 Å². The van der Waals surface area contributed by atoms with E-state index in [-0.39, 0.29) is 42.1 Å². The molecule has 5 heterocycles. The summed E-state index contributed by atoms with van der Waals surface area (Å²) in [6.07, 6.45) is -18.5. The van der Waals surface area contributed by atoms with Gasteiger partial charge in [-0.05, 0) is 63.1 Å². The van der Waals surface area contributed by atoms with Crippen molar-refractivity contribution >= 4 is 23.6 Å². The van der Waals surface area contributed by atoms with E-state index in [1.165, 1.54) is 31.4 Å². The molecular weight excluding hydrogens is 1090 g/mol. The molecule has 15 atom stereocenters. The van der Waals surface area contributed by atoms with Crippen LogP contribution in [-0.4, -0.2) is 157 Å². The first-order chi connectivity index (χ1) is 41.0. The molecule has 5 aliphatic heterocycles. The van der Waals surface area contributed by atoms with Crippen LogP contribution in [0.3, 0.4) is 0 Å². The number of methoxy groups -OCH3 is 1. The van der Waals surface area contributed by atoms with Gasteiger partial charge in [0.1, 0.15) is 60.9 Å². The summed E-state index contributed by atoms with van der Waals surface area (Å²) in [7, 11) is 1.30. The molecule has 3 saturated heterocycles. The molecule has 10 rings (SSSR count). The zero-order chi connectivity index (χ0) is 58.7. The van der Waals surface area contributed by atoms with Crippen molar-refractivity contribution in [2.45, 2.75) is 112 Å². The lowest BCUT2D eigenvalue weighted by molar-refractivity contribution is -0.350. The first kappa shape index (κ1) is 58.4. The molecule has 5 aliphatic rings. The molecule has 0 radical (unpaired) electrons. The second-order valence-corrected chi connectivity index (χ2v) is 19.9. The molecule has 0 unspecified atom stereocenters. The maximum atomic E-state index is 14.4. The quantitative estimate of drug-likeness (QED) is 0.0284. The van der Waals surface area contributed by atoms with Crippen molar-refractivity contribution < 1.29 is 66.9 Å². The highest BCUT2D eigenvalue weighted by molar-refractivity contribution is 6.22. The summed E-state index contributed by atoms with van der Waals surface area (Å²) in [5.74, 6) is -2.80. The normalized spacial score (nSPS) is 29.0. The van der Waals surface area contributed by atoms with Crippen LogP contribution in [0.25, 0.3) is 41.8 Å². The molecule has 4 amide bonds. The predicted molar refractivity (Wildman–Crippen MR) is 290 cm³/mol. The van der Waals surface area contributed by atoms with Gasteiger partial charge in [0.05, 0.1) is 73.9 Å². The smallest absolute Gasteiger partial charge is 0.261 e. The number of imide groups is 2. The number of hydrogen-bond donors (Lipinski definition) is 1. The monoisotopic (exact) mass is 1150 g/mol. The number of rotatable bonds is 23. The predicted octanol–water partition coefficient (Wildman–Crippen LogP) is 7.63. The van der Waals surface area contributed by atoms with Crippen LogP contribution in [0.4, 0.5) is 0 Å². The number of carbonyl (C=O) groups is 4. The summed E-state index contributed by atoms with van der Waals surface area (Å²) >= 11 is 0. The Hall–Kier alpha value is -8.78. The Morgan fingerprint density at radius 1 is 0.452 bits per heavy atom. The molecule has 432 valence electrons. The van der Waals surface area contributed by atoms with Crippen molar-refractivity contribution in [2.75, 3.05) is 26.7 Å². The lowest BCUT2D eigenvalue weighted by Gasteiger charge is -2.51. The Morgan fingerprint density at radius 2 is 0.798 bits per heavy atom. The maximum absolute atomic E-state index is 14.4. The van der Waals surface area contributed by atoms with Gasteiger partial charge in [-0.15, -0.1) is 0 Å². The van der Waals surface area contributed by atoms with Gasteiger partial charge in [0.25, 0.3) is 23.6 Å². The zero-order valence-electron chi connectivity index (χ0n) is 44.7. The van der Waals surface area contributed by atoms with Gasteiger partial charge in [-0.1, -0.05) is 136 Å². The number of amides is 4. The van der Waals surface area contributed by atoms with E-state index in [2.05, 4.69) is 40.1 Å². The molecule has 3 fully saturated rings. The van der Waals surface area contributed by atoms with Crippen LogP contribution in [0.5, 0.6) is 0 Å².